The fourth-order valence-corrected chi connectivity index (χ4v) is 3.60. The molecule has 158 valence electrons. The van der Waals surface area contributed by atoms with Gasteiger partial charge in [0.05, 0.1) is 36.7 Å². The molecule has 9 heteroatoms. The number of ether oxygens (including phenoxy) is 1. The minimum Gasteiger partial charge on any atom is -0.486 e. The van der Waals surface area contributed by atoms with Gasteiger partial charge in [0.25, 0.3) is 5.91 Å². The van der Waals surface area contributed by atoms with Crippen LogP contribution in [0.5, 0.6) is 5.75 Å². The van der Waals surface area contributed by atoms with Gasteiger partial charge < -0.3 is 19.6 Å². The Hall–Kier alpha value is -1.84. The lowest BCUT2D eigenvalue weighted by atomic mass is 9.99. The summed E-state index contributed by atoms with van der Waals surface area (Å²) in [4.78, 5) is 16.7. The second-order valence-corrected chi connectivity index (χ2v) is 9.80. The Kier molecular flexibility index (Phi) is 6.95. The number of fused-ring (bicyclic) bond motifs is 1. The minimum atomic E-state index is -3.37. The molecule has 0 radical (unpaired) electrons. The van der Waals surface area contributed by atoms with E-state index in [9.17, 15) is 18.3 Å². The lowest BCUT2D eigenvalue weighted by Crippen LogP contribution is -2.50. The van der Waals surface area contributed by atoms with Gasteiger partial charge >= 0.3 is 0 Å². The van der Waals surface area contributed by atoms with Crippen molar-refractivity contribution in [3.8, 4) is 5.75 Å². The molecule has 1 amide bonds. The van der Waals surface area contributed by atoms with Crippen LogP contribution in [0.25, 0.3) is 0 Å². The largest absolute Gasteiger partial charge is 0.486 e. The predicted octanol–water partition coefficient (Wildman–Crippen LogP) is 0.864. The SMILES string of the molecule is C[C@@H]1CN([C@H](C)CO)C(=O)c2cccc(N(C)C)c2O[C@@H]1CN(C)S(C)(=O)=O. The van der Waals surface area contributed by atoms with Gasteiger partial charge in [0.15, 0.2) is 5.75 Å². The maximum Gasteiger partial charge on any atom is 0.258 e. The van der Waals surface area contributed by atoms with E-state index in [1.807, 2.05) is 32.0 Å². The molecule has 0 aromatic heterocycles. The Morgan fingerprint density at radius 2 is 1.96 bits per heavy atom. The van der Waals surface area contributed by atoms with Crippen LogP contribution in [0.3, 0.4) is 0 Å². The number of anilines is 1. The number of carbonyl (C=O) groups excluding carboxylic acids is 1. The van der Waals surface area contributed by atoms with Crippen molar-refractivity contribution >= 4 is 21.6 Å². The molecule has 0 saturated carbocycles. The Morgan fingerprint density at radius 1 is 1.32 bits per heavy atom. The Balaban J connectivity index is 2.56. The van der Waals surface area contributed by atoms with Crippen molar-refractivity contribution in [1.82, 2.24) is 9.21 Å². The molecule has 8 nitrogen and oxygen atoms in total. The number of hydrogen-bond donors (Lipinski definition) is 1. The summed E-state index contributed by atoms with van der Waals surface area (Å²) >= 11 is 0. The third-order valence-corrected chi connectivity index (χ3v) is 6.44. The molecule has 0 saturated heterocycles. The number of nitrogens with zero attached hydrogens (tertiary/aromatic N) is 3. The van der Waals surface area contributed by atoms with Crippen molar-refractivity contribution in [2.75, 3.05) is 52.0 Å². The van der Waals surface area contributed by atoms with Crippen LogP contribution >= 0.6 is 0 Å². The van der Waals surface area contributed by atoms with Gasteiger partial charge in [-0.05, 0) is 19.1 Å². The zero-order chi connectivity index (χ0) is 21.2. The van der Waals surface area contributed by atoms with E-state index in [-0.39, 0.29) is 31.0 Å². The topological polar surface area (TPSA) is 90.4 Å². The van der Waals surface area contributed by atoms with Gasteiger partial charge in [0.2, 0.25) is 10.0 Å². The van der Waals surface area contributed by atoms with Crippen LogP contribution in [-0.4, -0.2) is 87.9 Å². The Labute approximate surface area is 167 Å². The third-order valence-electron chi connectivity index (χ3n) is 5.16. The van der Waals surface area contributed by atoms with E-state index >= 15 is 0 Å². The van der Waals surface area contributed by atoms with Crippen LogP contribution in [0.4, 0.5) is 5.69 Å². The van der Waals surface area contributed by atoms with Gasteiger partial charge in [-0.1, -0.05) is 13.0 Å². The second kappa shape index (κ2) is 8.67. The first kappa shape index (κ1) is 22.4. The van der Waals surface area contributed by atoms with Gasteiger partial charge in [-0.25, -0.2) is 12.7 Å². The van der Waals surface area contributed by atoms with E-state index in [0.717, 1.165) is 11.9 Å². The minimum absolute atomic E-state index is 0.148. The highest BCUT2D eigenvalue weighted by molar-refractivity contribution is 7.88. The molecule has 1 aliphatic heterocycles. The molecular formula is C19H31N3O5S. The number of likely N-dealkylation sites (N-methyl/N-ethyl adjacent to an activating group) is 1. The molecule has 0 bridgehead atoms. The Bertz CT molecular complexity index is 812. The summed E-state index contributed by atoms with van der Waals surface area (Å²) in [5, 5.41) is 9.64. The smallest absolute Gasteiger partial charge is 0.258 e. The molecule has 1 aromatic rings. The van der Waals surface area contributed by atoms with E-state index in [1.165, 1.54) is 11.4 Å². The molecule has 1 aliphatic rings. The quantitative estimate of drug-likeness (QED) is 0.744. The zero-order valence-electron chi connectivity index (χ0n) is 17.4. The summed E-state index contributed by atoms with van der Waals surface area (Å²) in [6.07, 6.45) is 0.699. The average Bonchev–Trinajstić information content (AvgIpc) is 2.62. The lowest BCUT2D eigenvalue weighted by molar-refractivity contribution is 0.0388. The van der Waals surface area contributed by atoms with Gasteiger partial charge in [-0.3, -0.25) is 4.79 Å². The average molecular weight is 414 g/mol. The Morgan fingerprint density at radius 3 is 2.50 bits per heavy atom. The number of hydrogen-bond acceptors (Lipinski definition) is 6. The monoisotopic (exact) mass is 413 g/mol. The summed E-state index contributed by atoms with van der Waals surface area (Å²) < 4.78 is 31.4. The summed E-state index contributed by atoms with van der Waals surface area (Å²) in [6, 6.07) is 4.99. The van der Waals surface area contributed by atoms with E-state index in [2.05, 4.69) is 0 Å². The predicted molar refractivity (Wildman–Crippen MR) is 109 cm³/mol. The van der Waals surface area contributed by atoms with Gasteiger partial charge in [-0.2, -0.15) is 0 Å². The number of para-hydroxylation sites is 1. The van der Waals surface area contributed by atoms with Crippen LogP contribution in [0.2, 0.25) is 0 Å². The van der Waals surface area contributed by atoms with E-state index in [4.69, 9.17) is 4.74 Å². The van der Waals surface area contributed by atoms with Crippen molar-refractivity contribution in [2.45, 2.75) is 26.0 Å². The summed E-state index contributed by atoms with van der Waals surface area (Å²) in [6.45, 7) is 4.08. The molecule has 0 aliphatic carbocycles. The van der Waals surface area contributed by atoms with E-state index < -0.39 is 16.1 Å². The number of benzene rings is 1. The fraction of sp³-hybridized carbons (Fsp3) is 0.632. The third kappa shape index (κ3) is 4.76. The number of sulfonamides is 1. The highest BCUT2D eigenvalue weighted by atomic mass is 32.2. The maximum atomic E-state index is 13.2. The lowest BCUT2D eigenvalue weighted by Gasteiger charge is -2.38. The molecule has 28 heavy (non-hydrogen) atoms. The molecule has 0 unspecified atom stereocenters. The molecule has 1 heterocycles. The van der Waals surface area contributed by atoms with E-state index in [1.54, 1.807) is 24.0 Å². The van der Waals surface area contributed by atoms with Gasteiger partial charge in [0, 0.05) is 33.6 Å². The van der Waals surface area contributed by atoms with Crippen LogP contribution in [-0.2, 0) is 10.0 Å². The number of amides is 1. The number of rotatable bonds is 6. The van der Waals surface area contributed by atoms with Crippen molar-refractivity contribution in [2.24, 2.45) is 5.92 Å². The first-order chi connectivity index (χ1) is 13.0. The highest BCUT2D eigenvalue weighted by Crippen LogP contribution is 2.36. The van der Waals surface area contributed by atoms with Crippen molar-refractivity contribution in [3.63, 3.8) is 0 Å². The van der Waals surface area contributed by atoms with Crippen molar-refractivity contribution in [3.05, 3.63) is 23.8 Å². The maximum absolute atomic E-state index is 13.2. The number of aliphatic hydroxyl groups excluding tert-OH is 1. The molecule has 1 aromatic carbocycles. The first-order valence-electron chi connectivity index (χ1n) is 9.27. The van der Waals surface area contributed by atoms with Crippen LogP contribution in [0.15, 0.2) is 18.2 Å². The van der Waals surface area contributed by atoms with Crippen LogP contribution in [0, 0.1) is 5.92 Å². The fourth-order valence-electron chi connectivity index (χ4n) is 3.19. The zero-order valence-corrected chi connectivity index (χ0v) is 18.2. The molecule has 1 N–H and O–H groups in total. The van der Waals surface area contributed by atoms with E-state index in [0.29, 0.717) is 17.9 Å². The van der Waals surface area contributed by atoms with Crippen LogP contribution < -0.4 is 9.64 Å². The summed E-state index contributed by atoms with van der Waals surface area (Å²) in [5.74, 6) is 0.0821. The summed E-state index contributed by atoms with van der Waals surface area (Å²) in [5.41, 5.74) is 1.15. The van der Waals surface area contributed by atoms with Gasteiger partial charge in [-0.15, -0.1) is 0 Å². The number of aliphatic hydroxyl groups is 1. The van der Waals surface area contributed by atoms with Gasteiger partial charge in [0.1, 0.15) is 6.10 Å². The van der Waals surface area contributed by atoms with Crippen LogP contribution in [0.1, 0.15) is 24.2 Å². The van der Waals surface area contributed by atoms with Crippen molar-refractivity contribution < 1.29 is 23.1 Å². The molecule has 2 rings (SSSR count). The molecule has 3 atom stereocenters. The van der Waals surface area contributed by atoms with Crippen molar-refractivity contribution in [1.29, 1.82) is 0 Å². The summed E-state index contributed by atoms with van der Waals surface area (Å²) in [7, 11) is 1.86. The standard InChI is InChI=1S/C19H31N3O5S/c1-13-10-22(14(2)12-23)19(24)15-8-7-9-16(20(3)4)18(15)27-17(13)11-21(5)28(6,25)26/h7-9,13-14,17,23H,10-12H2,1-6H3/t13-,14-,17-/m1/s1. The first-order valence-corrected chi connectivity index (χ1v) is 11.1. The highest BCUT2D eigenvalue weighted by Gasteiger charge is 2.35. The molecule has 0 spiro atoms. The molecule has 0 fully saturated rings. The number of carbonyl (C=O) groups is 1. The molecular weight excluding hydrogens is 382 g/mol. The second-order valence-electron chi connectivity index (χ2n) is 7.71. The normalized spacial score (nSPS) is 21.6.